The maximum atomic E-state index is 11.9. The second kappa shape index (κ2) is 6.29. The average molecular weight is 349 g/mol. The summed E-state index contributed by atoms with van der Waals surface area (Å²) in [5.74, 6) is -0.629. The van der Waals surface area contributed by atoms with Gasteiger partial charge in [-0.2, -0.15) is 10.4 Å². The van der Waals surface area contributed by atoms with Crippen LogP contribution in [0.5, 0.6) is 0 Å². The number of nitriles is 1. The number of hydrogen-bond acceptors (Lipinski definition) is 9. The van der Waals surface area contributed by atoms with E-state index in [0.29, 0.717) is 5.52 Å². The van der Waals surface area contributed by atoms with Crippen molar-refractivity contribution in [3.63, 3.8) is 0 Å². The van der Waals surface area contributed by atoms with Crippen LogP contribution in [0.15, 0.2) is 18.5 Å². The van der Waals surface area contributed by atoms with E-state index >= 15 is 0 Å². The lowest BCUT2D eigenvalue weighted by Crippen LogP contribution is -2.44. The number of aliphatic hydroxyl groups excluding tert-OH is 1. The van der Waals surface area contributed by atoms with Crippen LogP contribution in [-0.4, -0.2) is 55.7 Å². The SMILES string of the molecule is [2H]C([2H])(O)[C@H]1O[C@@](C#N)(c2ccc3c(N)ncnn23)[C@H](OC(=O)CC)[C@@H]1O. The van der Waals surface area contributed by atoms with Gasteiger partial charge in [-0.3, -0.25) is 4.79 Å². The number of hydrogen-bond donors (Lipinski definition) is 3. The Bertz CT molecular complexity index is 923. The van der Waals surface area contributed by atoms with Gasteiger partial charge in [0, 0.05) is 6.42 Å². The molecule has 0 radical (unpaired) electrons. The van der Waals surface area contributed by atoms with E-state index in [0.717, 1.165) is 6.33 Å². The van der Waals surface area contributed by atoms with Crippen LogP contribution in [0, 0.1) is 11.3 Å². The normalized spacial score (nSPS) is 30.6. The Morgan fingerprint density at radius 2 is 2.44 bits per heavy atom. The first-order valence-electron chi connectivity index (χ1n) is 8.43. The molecule has 3 rings (SSSR count). The van der Waals surface area contributed by atoms with Crippen LogP contribution in [0.4, 0.5) is 5.82 Å². The molecule has 1 fully saturated rings. The fourth-order valence-electron chi connectivity index (χ4n) is 2.80. The summed E-state index contributed by atoms with van der Waals surface area (Å²) in [6.45, 7) is -1.49. The molecule has 1 saturated heterocycles. The summed E-state index contributed by atoms with van der Waals surface area (Å²) in [7, 11) is 0. The molecular weight excluding hydrogens is 330 g/mol. The van der Waals surface area contributed by atoms with Gasteiger partial charge in [-0.05, 0) is 12.1 Å². The van der Waals surface area contributed by atoms with Crippen LogP contribution < -0.4 is 5.73 Å². The highest BCUT2D eigenvalue weighted by Gasteiger charge is 2.60. The molecule has 1 aliphatic heterocycles. The maximum Gasteiger partial charge on any atom is 0.306 e. The number of anilines is 1. The second-order valence-corrected chi connectivity index (χ2v) is 5.43. The summed E-state index contributed by atoms with van der Waals surface area (Å²) >= 11 is 0. The fourth-order valence-corrected chi connectivity index (χ4v) is 2.80. The van der Waals surface area contributed by atoms with E-state index in [1.807, 2.05) is 6.07 Å². The van der Waals surface area contributed by atoms with Crippen LogP contribution in [-0.2, 0) is 19.9 Å². The van der Waals surface area contributed by atoms with Crippen molar-refractivity contribution in [1.82, 2.24) is 14.6 Å². The Balaban J connectivity index is 2.21. The van der Waals surface area contributed by atoms with Gasteiger partial charge in [0.2, 0.25) is 5.60 Å². The van der Waals surface area contributed by atoms with Crippen molar-refractivity contribution in [2.45, 2.75) is 37.3 Å². The van der Waals surface area contributed by atoms with E-state index in [4.69, 9.17) is 17.9 Å². The van der Waals surface area contributed by atoms with Crippen LogP contribution in [0.2, 0.25) is 0 Å². The summed E-state index contributed by atoms with van der Waals surface area (Å²) in [5, 5.41) is 34.1. The number of carbonyl (C=O) groups excluding carboxylic acids is 1. The number of aromatic nitrogens is 3. The molecule has 0 aliphatic carbocycles. The molecule has 2 aromatic heterocycles. The predicted octanol–water partition coefficient (Wildman–Crippen LogP) is -0.896. The number of nitrogens with zero attached hydrogens (tertiary/aromatic N) is 4. The van der Waals surface area contributed by atoms with Gasteiger partial charge in [0.15, 0.2) is 11.9 Å². The van der Waals surface area contributed by atoms with Gasteiger partial charge in [-0.1, -0.05) is 6.92 Å². The van der Waals surface area contributed by atoms with Crippen molar-refractivity contribution in [2.24, 2.45) is 0 Å². The quantitative estimate of drug-likeness (QED) is 0.595. The van der Waals surface area contributed by atoms with Crippen molar-refractivity contribution in [3.05, 3.63) is 24.2 Å². The highest BCUT2D eigenvalue weighted by molar-refractivity contribution is 5.70. The molecule has 0 saturated carbocycles. The highest BCUT2D eigenvalue weighted by Crippen LogP contribution is 2.42. The van der Waals surface area contributed by atoms with Crippen molar-refractivity contribution in [2.75, 3.05) is 12.3 Å². The molecule has 0 aromatic carbocycles. The van der Waals surface area contributed by atoms with Crippen LogP contribution in [0.1, 0.15) is 21.8 Å². The standard InChI is InChI=1S/C15H17N5O5/c1-2-11(22)24-13-12(23)9(5-21)25-15(13,6-16)10-4-3-8-14(17)18-7-19-20(8)10/h3-4,7,9,12-13,21,23H,2,5H2,1H3,(H2,17,18,19)/t9-,12-,13-,15+/m1/s1/i5D2. The number of esters is 1. The number of ether oxygens (including phenoxy) is 2. The monoisotopic (exact) mass is 349 g/mol. The third kappa shape index (κ3) is 2.49. The predicted molar refractivity (Wildman–Crippen MR) is 82.8 cm³/mol. The van der Waals surface area contributed by atoms with E-state index < -0.39 is 36.4 Å². The van der Waals surface area contributed by atoms with Gasteiger partial charge in [-0.15, -0.1) is 0 Å². The topological polar surface area (TPSA) is 156 Å². The molecule has 0 spiro atoms. The van der Waals surface area contributed by atoms with Gasteiger partial charge in [0.1, 0.15) is 30.1 Å². The van der Waals surface area contributed by atoms with E-state index in [-0.39, 0.29) is 17.9 Å². The Labute approximate surface area is 145 Å². The molecule has 4 atom stereocenters. The van der Waals surface area contributed by atoms with Crippen molar-refractivity contribution < 1.29 is 27.2 Å². The van der Waals surface area contributed by atoms with Gasteiger partial charge < -0.3 is 25.4 Å². The number of nitrogens with two attached hydrogens (primary N) is 1. The molecule has 132 valence electrons. The van der Waals surface area contributed by atoms with Gasteiger partial charge >= 0.3 is 5.97 Å². The summed E-state index contributed by atoms with van der Waals surface area (Å²) < 4.78 is 26.9. The fraction of sp³-hybridized carbons (Fsp3) is 0.467. The Hall–Kier alpha value is -2.74. The van der Waals surface area contributed by atoms with Gasteiger partial charge in [0.05, 0.1) is 15.0 Å². The lowest BCUT2D eigenvalue weighted by Gasteiger charge is -2.27. The average Bonchev–Trinajstić information content (AvgIpc) is 3.16. The van der Waals surface area contributed by atoms with Crippen molar-refractivity contribution in [1.29, 1.82) is 5.26 Å². The third-order valence-electron chi connectivity index (χ3n) is 4.04. The highest BCUT2D eigenvalue weighted by atomic mass is 16.6. The lowest BCUT2D eigenvalue weighted by atomic mass is 9.92. The molecule has 3 heterocycles. The van der Waals surface area contributed by atoms with Crippen LogP contribution >= 0.6 is 0 Å². The molecular formula is C15H17N5O5. The number of nitrogen functional groups attached to an aromatic ring is 1. The molecule has 0 amide bonds. The molecule has 10 heteroatoms. The van der Waals surface area contributed by atoms with Crippen molar-refractivity contribution in [3.8, 4) is 6.07 Å². The first kappa shape index (κ1) is 14.6. The minimum absolute atomic E-state index is 0.0359. The molecule has 0 unspecified atom stereocenters. The molecule has 4 N–H and O–H groups in total. The molecule has 25 heavy (non-hydrogen) atoms. The summed E-state index contributed by atoms with van der Waals surface area (Å²) in [4.78, 5) is 15.7. The van der Waals surface area contributed by atoms with E-state index in [1.165, 1.54) is 23.6 Å². The zero-order valence-corrected chi connectivity index (χ0v) is 13.2. The summed E-state index contributed by atoms with van der Waals surface area (Å²) in [6, 6.07) is 4.76. The van der Waals surface area contributed by atoms with E-state index in [2.05, 4.69) is 10.1 Å². The van der Waals surface area contributed by atoms with Crippen LogP contribution in [0.3, 0.4) is 0 Å². The first-order chi connectivity index (χ1) is 12.7. The minimum atomic E-state index is -3.00. The number of rotatable bonds is 4. The molecule has 0 bridgehead atoms. The van der Waals surface area contributed by atoms with Crippen molar-refractivity contribution >= 4 is 17.3 Å². The van der Waals surface area contributed by atoms with Gasteiger partial charge in [-0.25, -0.2) is 9.50 Å². The van der Waals surface area contributed by atoms with E-state index in [9.17, 15) is 20.3 Å². The Kier molecular flexibility index (Phi) is 3.67. The largest absolute Gasteiger partial charge is 0.455 e. The van der Waals surface area contributed by atoms with E-state index in [1.54, 1.807) is 0 Å². The lowest BCUT2D eigenvalue weighted by molar-refractivity contribution is -0.159. The third-order valence-corrected chi connectivity index (χ3v) is 4.04. The maximum absolute atomic E-state index is 11.9. The minimum Gasteiger partial charge on any atom is -0.455 e. The zero-order valence-electron chi connectivity index (χ0n) is 15.2. The summed E-state index contributed by atoms with van der Waals surface area (Å²) in [6.07, 6.45) is -4.19. The zero-order chi connectivity index (χ0) is 20.0. The molecule has 1 aliphatic rings. The summed E-state index contributed by atoms with van der Waals surface area (Å²) in [5.41, 5.74) is 4.01. The number of aliphatic hydroxyl groups is 2. The second-order valence-electron chi connectivity index (χ2n) is 5.43. The smallest absolute Gasteiger partial charge is 0.306 e. The number of fused-ring (bicyclic) bond motifs is 1. The Morgan fingerprint density at radius 3 is 3.08 bits per heavy atom. The van der Waals surface area contributed by atoms with Gasteiger partial charge in [0.25, 0.3) is 0 Å². The Morgan fingerprint density at radius 1 is 1.68 bits per heavy atom. The molecule has 10 nitrogen and oxygen atoms in total. The molecule has 2 aromatic rings. The first-order valence-corrected chi connectivity index (χ1v) is 7.43. The number of carbonyl (C=O) groups is 1. The van der Waals surface area contributed by atoms with Crippen LogP contribution in [0.25, 0.3) is 5.52 Å².